The van der Waals surface area contributed by atoms with Crippen molar-refractivity contribution in [2.24, 2.45) is 0 Å². The van der Waals surface area contributed by atoms with Gasteiger partial charge in [-0.3, -0.25) is 0 Å². The lowest BCUT2D eigenvalue weighted by molar-refractivity contribution is 0.669. The smallest absolute Gasteiger partial charge is 0.164 e. The first-order chi connectivity index (χ1) is 26.2. The van der Waals surface area contributed by atoms with Gasteiger partial charge in [0, 0.05) is 27.5 Å². The Bertz CT molecular complexity index is 2930. The van der Waals surface area contributed by atoms with Gasteiger partial charge in [-0.2, -0.15) is 0 Å². The molecule has 10 rings (SSSR count). The highest BCUT2D eigenvalue weighted by atomic mass is 16.3. The fourth-order valence-electron chi connectivity index (χ4n) is 7.22. The van der Waals surface area contributed by atoms with E-state index in [0.29, 0.717) is 17.5 Å². The Morgan fingerprint density at radius 2 is 0.792 bits per heavy atom. The number of aromatic nitrogens is 3. The van der Waals surface area contributed by atoms with Crippen LogP contribution in [0.5, 0.6) is 0 Å². The van der Waals surface area contributed by atoms with Gasteiger partial charge in [-0.1, -0.05) is 158 Å². The molecule has 0 fully saturated rings. The van der Waals surface area contributed by atoms with Crippen molar-refractivity contribution in [2.75, 3.05) is 0 Å². The molecule has 0 amide bonds. The molecule has 0 aliphatic rings. The van der Waals surface area contributed by atoms with Gasteiger partial charge in [0.1, 0.15) is 11.2 Å². The largest absolute Gasteiger partial charge is 0.456 e. The lowest BCUT2D eigenvalue weighted by atomic mass is 9.98. The third-order valence-corrected chi connectivity index (χ3v) is 9.93. The van der Waals surface area contributed by atoms with Crippen molar-refractivity contribution in [3.05, 3.63) is 188 Å². The van der Waals surface area contributed by atoms with Gasteiger partial charge in [-0.05, 0) is 74.5 Å². The van der Waals surface area contributed by atoms with E-state index >= 15 is 0 Å². The van der Waals surface area contributed by atoms with Crippen molar-refractivity contribution < 1.29 is 4.42 Å². The molecule has 53 heavy (non-hydrogen) atoms. The van der Waals surface area contributed by atoms with Crippen LogP contribution in [0.25, 0.3) is 100 Å². The van der Waals surface area contributed by atoms with Crippen LogP contribution in [-0.2, 0) is 0 Å². The van der Waals surface area contributed by atoms with E-state index in [4.69, 9.17) is 19.4 Å². The summed E-state index contributed by atoms with van der Waals surface area (Å²) >= 11 is 0. The quantitative estimate of drug-likeness (QED) is 0.176. The first kappa shape index (κ1) is 30.6. The Morgan fingerprint density at radius 3 is 1.57 bits per heavy atom. The van der Waals surface area contributed by atoms with Gasteiger partial charge < -0.3 is 4.42 Å². The standard InChI is InChI=1S/C49H31N3O/c1-3-12-32(13-4-1)33-22-24-35(25-23-33)47-50-48(52-49(51-47)42-21-10-9-20-41(42)34-14-5-2-6-15-34)40-19-11-18-36(28-40)39-26-27-45-43(30-39)44-29-37-16-7-8-17-38(37)31-46(44)53-45/h1-31H. The lowest BCUT2D eigenvalue weighted by Gasteiger charge is -2.13. The maximum absolute atomic E-state index is 6.30. The van der Waals surface area contributed by atoms with Crippen LogP contribution in [0.4, 0.5) is 0 Å². The molecule has 4 heteroatoms. The number of hydrogen-bond donors (Lipinski definition) is 0. The predicted molar refractivity (Wildman–Crippen MR) is 217 cm³/mol. The van der Waals surface area contributed by atoms with E-state index in [1.54, 1.807) is 0 Å². The van der Waals surface area contributed by atoms with E-state index in [0.717, 1.165) is 66.4 Å². The normalized spacial score (nSPS) is 11.4. The molecule has 8 aromatic carbocycles. The highest BCUT2D eigenvalue weighted by Crippen LogP contribution is 2.37. The summed E-state index contributed by atoms with van der Waals surface area (Å²) in [6.07, 6.45) is 0. The van der Waals surface area contributed by atoms with Gasteiger partial charge in [0.05, 0.1) is 0 Å². The van der Waals surface area contributed by atoms with Gasteiger partial charge in [0.25, 0.3) is 0 Å². The first-order valence-electron chi connectivity index (χ1n) is 17.8. The molecule has 0 N–H and O–H groups in total. The molecular weight excluding hydrogens is 647 g/mol. The molecule has 0 aliphatic carbocycles. The van der Waals surface area contributed by atoms with Gasteiger partial charge in [-0.25, -0.2) is 15.0 Å². The molecule has 0 saturated carbocycles. The zero-order chi connectivity index (χ0) is 35.1. The number of fused-ring (bicyclic) bond motifs is 4. The lowest BCUT2D eigenvalue weighted by Crippen LogP contribution is -2.01. The van der Waals surface area contributed by atoms with Crippen molar-refractivity contribution in [3.63, 3.8) is 0 Å². The van der Waals surface area contributed by atoms with Crippen LogP contribution in [0.3, 0.4) is 0 Å². The van der Waals surface area contributed by atoms with E-state index in [-0.39, 0.29) is 0 Å². The summed E-state index contributed by atoms with van der Waals surface area (Å²) in [5.41, 5.74) is 11.2. The summed E-state index contributed by atoms with van der Waals surface area (Å²) in [6, 6.07) is 65.2. The summed E-state index contributed by atoms with van der Waals surface area (Å²) in [6.45, 7) is 0. The number of rotatable bonds is 6. The Labute approximate surface area is 306 Å². The number of nitrogens with zero attached hydrogens (tertiary/aromatic N) is 3. The SMILES string of the molecule is c1ccc(-c2ccc(-c3nc(-c4cccc(-c5ccc6oc7cc8ccccc8cc7c6c5)c4)nc(-c4ccccc4-c4ccccc4)n3)cc2)cc1. The molecule has 0 radical (unpaired) electrons. The molecule has 248 valence electrons. The van der Waals surface area contributed by atoms with Crippen molar-refractivity contribution >= 4 is 32.7 Å². The fraction of sp³-hybridized carbons (Fsp3) is 0. The van der Waals surface area contributed by atoms with Crippen LogP contribution in [0.1, 0.15) is 0 Å². The summed E-state index contributed by atoms with van der Waals surface area (Å²) in [7, 11) is 0. The van der Waals surface area contributed by atoms with Gasteiger partial charge >= 0.3 is 0 Å². The third kappa shape index (κ3) is 5.73. The van der Waals surface area contributed by atoms with Crippen LogP contribution in [0.2, 0.25) is 0 Å². The van der Waals surface area contributed by atoms with Gasteiger partial charge in [0.2, 0.25) is 0 Å². The number of benzene rings is 8. The van der Waals surface area contributed by atoms with Gasteiger partial charge in [-0.15, -0.1) is 0 Å². The minimum atomic E-state index is 0.614. The Balaban J connectivity index is 1.10. The maximum atomic E-state index is 6.30. The summed E-state index contributed by atoms with van der Waals surface area (Å²) in [4.78, 5) is 15.4. The van der Waals surface area contributed by atoms with E-state index in [2.05, 4.69) is 170 Å². The van der Waals surface area contributed by atoms with Crippen molar-refractivity contribution in [3.8, 4) is 67.5 Å². The van der Waals surface area contributed by atoms with E-state index in [1.807, 2.05) is 18.2 Å². The Kier molecular flexibility index (Phi) is 7.43. The van der Waals surface area contributed by atoms with Crippen LogP contribution in [0.15, 0.2) is 192 Å². The third-order valence-electron chi connectivity index (χ3n) is 9.93. The Morgan fingerprint density at radius 1 is 0.283 bits per heavy atom. The minimum Gasteiger partial charge on any atom is -0.456 e. The zero-order valence-electron chi connectivity index (χ0n) is 28.6. The molecule has 0 aliphatic heterocycles. The van der Waals surface area contributed by atoms with E-state index < -0.39 is 0 Å². The molecule has 10 aromatic rings. The molecule has 4 nitrogen and oxygen atoms in total. The van der Waals surface area contributed by atoms with E-state index in [9.17, 15) is 0 Å². The van der Waals surface area contributed by atoms with Crippen LogP contribution < -0.4 is 0 Å². The molecule has 0 bridgehead atoms. The summed E-state index contributed by atoms with van der Waals surface area (Å²) in [5, 5.41) is 4.57. The molecule has 0 atom stereocenters. The highest BCUT2D eigenvalue weighted by molar-refractivity contribution is 6.11. The fourth-order valence-corrected chi connectivity index (χ4v) is 7.22. The minimum absolute atomic E-state index is 0.614. The number of furan rings is 1. The molecule has 0 unspecified atom stereocenters. The molecule has 0 saturated heterocycles. The maximum Gasteiger partial charge on any atom is 0.164 e. The number of hydrogen-bond acceptors (Lipinski definition) is 4. The average molecular weight is 678 g/mol. The second kappa shape index (κ2) is 12.9. The average Bonchev–Trinajstić information content (AvgIpc) is 3.60. The van der Waals surface area contributed by atoms with Crippen molar-refractivity contribution in [1.29, 1.82) is 0 Å². The second-order valence-electron chi connectivity index (χ2n) is 13.3. The second-order valence-corrected chi connectivity index (χ2v) is 13.3. The Hall–Kier alpha value is -7.17. The van der Waals surface area contributed by atoms with E-state index in [1.165, 1.54) is 16.3 Å². The molecular formula is C49H31N3O. The van der Waals surface area contributed by atoms with Crippen molar-refractivity contribution in [2.45, 2.75) is 0 Å². The monoisotopic (exact) mass is 677 g/mol. The predicted octanol–water partition coefficient (Wildman–Crippen LogP) is 12.9. The van der Waals surface area contributed by atoms with Gasteiger partial charge in [0.15, 0.2) is 17.5 Å². The molecule has 0 spiro atoms. The van der Waals surface area contributed by atoms with Crippen molar-refractivity contribution in [1.82, 2.24) is 15.0 Å². The first-order valence-corrected chi connectivity index (χ1v) is 17.8. The highest BCUT2D eigenvalue weighted by Gasteiger charge is 2.17. The molecule has 2 aromatic heterocycles. The topological polar surface area (TPSA) is 51.8 Å². The summed E-state index contributed by atoms with van der Waals surface area (Å²) in [5.74, 6) is 1.86. The molecule has 2 heterocycles. The van der Waals surface area contributed by atoms with Crippen LogP contribution >= 0.6 is 0 Å². The summed E-state index contributed by atoms with van der Waals surface area (Å²) < 4.78 is 6.30. The van der Waals surface area contributed by atoms with Crippen LogP contribution in [0, 0.1) is 0 Å². The zero-order valence-corrected chi connectivity index (χ0v) is 28.6. The van der Waals surface area contributed by atoms with Crippen LogP contribution in [-0.4, -0.2) is 15.0 Å².